The summed E-state index contributed by atoms with van der Waals surface area (Å²) >= 11 is 0. The molecule has 1 aliphatic heterocycles. The van der Waals surface area contributed by atoms with Crippen molar-refractivity contribution in [2.75, 3.05) is 23.7 Å². The average molecular weight is 456 g/mol. The van der Waals surface area contributed by atoms with Crippen molar-refractivity contribution >= 4 is 32.7 Å². The molecule has 0 saturated carbocycles. The standard InChI is InChI=1S/C21H18F2N6O2S/c22-15-11-28(12-16(15)23)18-7-9-25-20-19(18)14(17-6-8-26-21(24)27-17)10-29(20)32(30,31)13-4-2-1-3-5-13/h1-10,15-16H,11-12H2,(H2,24,26,27). The summed E-state index contributed by atoms with van der Waals surface area (Å²) in [7, 11) is -4.01. The predicted molar refractivity (Wildman–Crippen MR) is 116 cm³/mol. The lowest BCUT2D eigenvalue weighted by atomic mass is 10.1. The number of alkyl halides is 2. The molecule has 1 aromatic carbocycles. The third-order valence-corrected chi connectivity index (χ3v) is 7.07. The fourth-order valence-electron chi connectivity index (χ4n) is 3.90. The van der Waals surface area contributed by atoms with Gasteiger partial charge < -0.3 is 10.6 Å². The second kappa shape index (κ2) is 7.52. The first-order valence-electron chi connectivity index (χ1n) is 9.79. The van der Waals surface area contributed by atoms with E-state index < -0.39 is 22.4 Å². The molecule has 2 atom stereocenters. The quantitative estimate of drug-likeness (QED) is 0.503. The summed E-state index contributed by atoms with van der Waals surface area (Å²) in [5, 5.41) is 0.409. The number of halogens is 2. The number of pyridine rings is 1. The molecule has 0 spiro atoms. The van der Waals surface area contributed by atoms with Crippen LogP contribution >= 0.6 is 0 Å². The summed E-state index contributed by atoms with van der Waals surface area (Å²) in [6.45, 7) is -0.301. The Balaban J connectivity index is 1.80. The van der Waals surface area contributed by atoms with Crippen LogP contribution in [0.4, 0.5) is 20.4 Å². The highest BCUT2D eigenvalue weighted by atomic mass is 32.2. The lowest BCUT2D eigenvalue weighted by molar-refractivity contribution is 0.217. The third-order valence-electron chi connectivity index (χ3n) is 5.41. The van der Waals surface area contributed by atoms with Crippen LogP contribution in [0.2, 0.25) is 0 Å². The molecule has 11 heteroatoms. The molecular formula is C21H18F2N6O2S. The highest BCUT2D eigenvalue weighted by Crippen LogP contribution is 2.39. The van der Waals surface area contributed by atoms with Gasteiger partial charge in [0.15, 0.2) is 18.0 Å². The molecule has 0 radical (unpaired) electrons. The van der Waals surface area contributed by atoms with E-state index in [0.717, 1.165) is 3.97 Å². The maximum atomic E-state index is 14.0. The zero-order valence-corrected chi connectivity index (χ0v) is 17.5. The lowest BCUT2D eigenvalue weighted by Gasteiger charge is -2.19. The van der Waals surface area contributed by atoms with Crippen LogP contribution in [-0.2, 0) is 10.0 Å². The summed E-state index contributed by atoms with van der Waals surface area (Å²) in [4.78, 5) is 14.0. The highest BCUT2D eigenvalue weighted by molar-refractivity contribution is 7.90. The number of hydrogen-bond donors (Lipinski definition) is 1. The summed E-state index contributed by atoms with van der Waals surface area (Å²) < 4.78 is 55.9. The zero-order chi connectivity index (χ0) is 22.5. The topological polar surface area (TPSA) is 107 Å². The van der Waals surface area contributed by atoms with Crippen LogP contribution in [0.1, 0.15) is 0 Å². The Morgan fingerprint density at radius 2 is 1.66 bits per heavy atom. The van der Waals surface area contributed by atoms with Gasteiger partial charge in [0.1, 0.15) is 0 Å². The SMILES string of the molecule is Nc1nccc(-c2cn(S(=O)(=O)c3ccccc3)c3nccc(N4CC(F)C(F)C4)c23)n1. The number of fused-ring (bicyclic) bond motifs is 1. The molecule has 2 N–H and O–H groups in total. The van der Waals surface area contributed by atoms with E-state index in [1.54, 1.807) is 35.2 Å². The normalized spacial score (nSPS) is 19.0. The Kier molecular flexibility index (Phi) is 4.77. The van der Waals surface area contributed by atoms with Crippen LogP contribution in [0.15, 0.2) is 66.0 Å². The van der Waals surface area contributed by atoms with Crippen molar-refractivity contribution in [1.82, 2.24) is 18.9 Å². The van der Waals surface area contributed by atoms with Gasteiger partial charge in [-0.25, -0.2) is 36.1 Å². The molecule has 4 heterocycles. The van der Waals surface area contributed by atoms with Gasteiger partial charge in [-0.2, -0.15) is 0 Å². The Morgan fingerprint density at radius 1 is 0.969 bits per heavy atom. The third kappa shape index (κ3) is 3.25. The Morgan fingerprint density at radius 3 is 2.34 bits per heavy atom. The molecule has 5 rings (SSSR count). The summed E-state index contributed by atoms with van der Waals surface area (Å²) in [5.74, 6) is 0.00794. The van der Waals surface area contributed by atoms with Crippen LogP contribution in [0.3, 0.4) is 0 Å². The minimum atomic E-state index is -4.01. The predicted octanol–water partition coefficient (Wildman–Crippen LogP) is 2.81. The number of aromatic nitrogens is 4. The van der Waals surface area contributed by atoms with E-state index in [9.17, 15) is 17.2 Å². The monoisotopic (exact) mass is 456 g/mol. The molecule has 1 fully saturated rings. The first kappa shape index (κ1) is 20.3. The number of hydrogen-bond acceptors (Lipinski definition) is 7. The van der Waals surface area contributed by atoms with Gasteiger partial charge in [-0.15, -0.1) is 0 Å². The van der Waals surface area contributed by atoms with E-state index in [-0.39, 0.29) is 29.6 Å². The maximum absolute atomic E-state index is 14.0. The molecule has 0 amide bonds. The van der Waals surface area contributed by atoms with Gasteiger partial charge in [0.2, 0.25) is 5.95 Å². The van der Waals surface area contributed by atoms with Crippen molar-refractivity contribution in [1.29, 1.82) is 0 Å². The molecule has 4 aromatic rings. The van der Waals surface area contributed by atoms with Crippen molar-refractivity contribution in [3.8, 4) is 11.3 Å². The summed E-state index contributed by atoms with van der Waals surface area (Å²) in [5.41, 5.74) is 7.11. The van der Waals surface area contributed by atoms with Gasteiger partial charge in [-0.05, 0) is 24.3 Å². The number of nitrogens with zero attached hydrogens (tertiary/aromatic N) is 5. The molecule has 2 unspecified atom stereocenters. The van der Waals surface area contributed by atoms with E-state index >= 15 is 0 Å². The molecule has 1 aliphatic rings. The molecule has 8 nitrogen and oxygen atoms in total. The van der Waals surface area contributed by atoms with E-state index in [1.165, 1.54) is 30.7 Å². The van der Waals surface area contributed by atoms with Gasteiger partial charge in [0.05, 0.1) is 34.8 Å². The van der Waals surface area contributed by atoms with Crippen LogP contribution in [0, 0.1) is 0 Å². The number of nitrogens with two attached hydrogens (primary N) is 1. The highest BCUT2D eigenvalue weighted by Gasteiger charge is 2.35. The van der Waals surface area contributed by atoms with Crippen LogP contribution < -0.4 is 10.6 Å². The van der Waals surface area contributed by atoms with E-state index in [4.69, 9.17) is 5.73 Å². The van der Waals surface area contributed by atoms with Gasteiger partial charge >= 0.3 is 0 Å². The van der Waals surface area contributed by atoms with Crippen LogP contribution in [-0.4, -0.2) is 52.8 Å². The van der Waals surface area contributed by atoms with Crippen LogP contribution in [0.5, 0.6) is 0 Å². The van der Waals surface area contributed by atoms with Crippen LogP contribution in [0.25, 0.3) is 22.3 Å². The van der Waals surface area contributed by atoms with E-state index in [2.05, 4.69) is 15.0 Å². The minimum Gasteiger partial charge on any atom is -0.368 e. The Labute approximate surface area is 182 Å². The van der Waals surface area contributed by atoms with Crippen molar-refractivity contribution < 1.29 is 17.2 Å². The molecule has 0 bridgehead atoms. The molecular weight excluding hydrogens is 438 g/mol. The largest absolute Gasteiger partial charge is 0.368 e. The second-order valence-corrected chi connectivity index (χ2v) is 9.24. The smallest absolute Gasteiger partial charge is 0.269 e. The fraction of sp³-hybridized carbons (Fsp3) is 0.190. The van der Waals surface area contributed by atoms with Gasteiger partial charge in [-0.3, -0.25) is 0 Å². The number of rotatable bonds is 4. The summed E-state index contributed by atoms with van der Waals surface area (Å²) in [6.07, 6.45) is 1.01. The second-order valence-electron chi connectivity index (χ2n) is 7.42. The first-order valence-corrected chi connectivity index (χ1v) is 11.2. The van der Waals surface area contributed by atoms with Gasteiger partial charge in [-0.1, -0.05) is 18.2 Å². The number of anilines is 2. The molecule has 0 aliphatic carbocycles. The molecule has 3 aromatic heterocycles. The lowest BCUT2D eigenvalue weighted by Crippen LogP contribution is -2.21. The average Bonchev–Trinajstić information content (AvgIpc) is 3.35. The van der Waals surface area contributed by atoms with E-state index in [0.29, 0.717) is 22.3 Å². The van der Waals surface area contributed by atoms with Crippen molar-refractivity contribution in [3.05, 3.63) is 61.1 Å². The summed E-state index contributed by atoms with van der Waals surface area (Å²) in [6, 6.07) is 11.1. The molecule has 1 saturated heterocycles. The minimum absolute atomic E-state index is 0.00794. The Hall–Kier alpha value is -3.60. The molecule has 164 valence electrons. The first-order chi connectivity index (χ1) is 15.4. The van der Waals surface area contributed by atoms with Crippen molar-refractivity contribution in [2.24, 2.45) is 0 Å². The maximum Gasteiger partial charge on any atom is 0.269 e. The Bertz CT molecular complexity index is 1400. The van der Waals surface area contributed by atoms with Crippen molar-refractivity contribution in [3.63, 3.8) is 0 Å². The number of nitrogen functional groups attached to an aromatic ring is 1. The van der Waals surface area contributed by atoms with E-state index in [1.807, 2.05) is 0 Å². The van der Waals surface area contributed by atoms with Gasteiger partial charge in [0.25, 0.3) is 10.0 Å². The molecule has 32 heavy (non-hydrogen) atoms. The fourth-order valence-corrected chi connectivity index (χ4v) is 5.24. The van der Waals surface area contributed by atoms with Crippen molar-refractivity contribution in [2.45, 2.75) is 17.2 Å². The van der Waals surface area contributed by atoms with Gasteiger partial charge in [0, 0.05) is 24.2 Å². The zero-order valence-electron chi connectivity index (χ0n) is 16.6. The number of benzene rings is 1.